The summed E-state index contributed by atoms with van der Waals surface area (Å²) < 4.78 is 16.3. The molecule has 1 aromatic heterocycles. The number of hydrogen-bond acceptors (Lipinski definition) is 7. The van der Waals surface area contributed by atoms with Crippen molar-refractivity contribution in [1.82, 2.24) is 15.1 Å². The van der Waals surface area contributed by atoms with Crippen molar-refractivity contribution < 1.29 is 19.0 Å². The first-order chi connectivity index (χ1) is 16.1. The van der Waals surface area contributed by atoms with E-state index < -0.39 is 0 Å². The molecule has 0 aliphatic carbocycles. The molecular formula is C24H27N5O4. The van der Waals surface area contributed by atoms with Crippen molar-refractivity contribution >= 4 is 17.4 Å². The average Bonchev–Trinajstić information content (AvgIpc) is 3.49. The Bertz CT molecular complexity index is 1150. The molecule has 1 saturated heterocycles. The van der Waals surface area contributed by atoms with Gasteiger partial charge in [0, 0.05) is 29.4 Å². The number of piperidine rings is 1. The summed E-state index contributed by atoms with van der Waals surface area (Å²) in [5.74, 6) is 2.04. The van der Waals surface area contributed by atoms with Crippen LogP contribution >= 0.6 is 0 Å². The van der Waals surface area contributed by atoms with Crippen molar-refractivity contribution in [2.75, 3.05) is 44.7 Å². The van der Waals surface area contributed by atoms with Crippen LogP contribution in [0.1, 0.15) is 23.2 Å². The standard InChI is InChI=1S/C24H27N5O4/c1-29-9-7-16(8-10-29)25-17-4-5-18(21(12-17)31-2)24(30)26-23-13-19(27-28-23)15-3-6-20-22(11-15)33-14-32-20/h3-6,11-13,16,25H,7-10,14H2,1-2H3,(H2,26,27,28,30). The molecule has 3 aromatic rings. The number of carbonyl (C=O) groups is 1. The van der Waals surface area contributed by atoms with Crippen LogP contribution in [-0.4, -0.2) is 61.1 Å². The minimum atomic E-state index is -0.290. The Labute approximate surface area is 192 Å². The van der Waals surface area contributed by atoms with Gasteiger partial charge in [-0.1, -0.05) is 0 Å². The second-order valence-corrected chi connectivity index (χ2v) is 8.33. The molecule has 0 bridgehead atoms. The summed E-state index contributed by atoms with van der Waals surface area (Å²) in [7, 11) is 3.71. The number of carbonyl (C=O) groups excluding carboxylic acids is 1. The fourth-order valence-corrected chi connectivity index (χ4v) is 4.14. The molecule has 0 unspecified atom stereocenters. The Morgan fingerprint density at radius 1 is 1.12 bits per heavy atom. The second-order valence-electron chi connectivity index (χ2n) is 8.33. The third kappa shape index (κ3) is 4.58. The van der Waals surface area contributed by atoms with Gasteiger partial charge in [-0.3, -0.25) is 9.89 Å². The van der Waals surface area contributed by atoms with Crippen LogP contribution in [0.15, 0.2) is 42.5 Å². The van der Waals surface area contributed by atoms with Gasteiger partial charge >= 0.3 is 0 Å². The van der Waals surface area contributed by atoms with Gasteiger partial charge in [-0.15, -0.1) is 0 Å². The molecule has 3 heterocycles. The number of aromatic amines is 1. The summed E-state index contributed by atoms with van der Waals surface area (Å²) in [5.41, 5.74) is 3.03. The van der Waals surface area contributed by atoms with Crippen LogP contribution < -0.4 is 24.8 Å². The first kappa shape index (κ1) is 21.1. The van der Waals surface area contributed by atoms with E-state index in [1.807, 2.05) is 30.3 Å². The predicted octanol–water partition coefficient (Wildman–Crippen LogP) is 3.57. The first-order valence-corrected chi connectivity index (χ1v) is 11.0. The number of nitrogens with zero attached hydrogens (tertiary/aromatic N) is 2. The van der Waals surface area contributed by atoms with Crippen LogP contribution in [0.2, 0.25) is 0 Å². The maximum absolute atomic E-state index is 12.9. The van der Waals surface area contributed by atoms with Gasteiger partial charge in [0.2, 0.25) is 6.79 Å². The van der Waals surface area contributed by atoms with E-state index in [2.05, 4.69) is 32.8 Å². The highest BCUT2D eigenvalue weighted by Crippen LogP contribution is 2.36. The van der Waals surface area contributed by atoms with Gasteiger partial charge in [-0.2, -0.15) is 5.10 Å². The van der Waals surface area contributed by atoms with Gasteiger partial charge in [-0.05, 0) is 63.3 Å². The molecule has 172 valence electrons. The zero-order valence-corrected chi connectivity index (χ0v) is 18.7. The number of ether oxygens (including phenoxy) is 3. The Morgan fingerprint density at radius 3 is 2.76 bits per heavy atom. The van der Waals surface area contributed by atoms with E-state index in [-0.39, 0.29) is 12.7 Å². The van der Waals surface area contributed by atoms with E-state index in [0.29, 0.717) is 34.7 Å². The van der Waals surface area contributed by atoms with Crippen molar-refractivity contribution in [2.24, 2.45) is 0 Å². The maximum Gasteiger partial charge on any atom is 0.260 e. The zero-order chi connectivity index (χ0) is 22.8. The molecule has 33 heavy (non-hydrogen) atoms. The largest absolute Gasteiger partial charge is 0.496 e. The van der Waals surface area contributed by atoms with Gasteiger partial charge in [0.1, 0.15) is 5.75 Å². The Balaban J connectivity index is 1.27. The number of hydrogen-bond donors (Lipinski definition) is 3. The molecule has 1 amide bonds. The van der Waals surface area contributed by atoms with Gasteiger partial charge in [0.15, 0.2) is 17.3 Å². The first-order valence-electron chi connectivity index (χ1n) is 11.0. The van der Waals surface area contributed by atoms with Crippen LogP contribution in [0.25, 0.3) is 11.3 Å². The smallest absolute Gasteiger partial charge is 0.260 e. The molecule has 2 aromatic carbocycles. The normalized spacial score (nSPS) is 15.9. The average molecular weight is 450 g/mol. The lowest BCUT2D eigenvalue weighted by molar-refractivity contribution is 0.102. The number of benzene rings is 2. The molecule has 3 N–H and O–H groups in total. The summed E-state index contributed by atoms with van der Waals surface area (Å²) in [6.07, 6.45) is 2.18. The number of methoxy groups -OCH3 is 1. The summed E-state index contributed by atoms with van der Waals surface area (Å²) >= 11 is 0. The predicted molar refractivity (Wildman–Crippen MR) is 125 cm³/mol. The number of nitrogens with one attached hydrogen (secondary N) is 3. The molecule has 0 spiro atoms. The zero-order valence-electron chi connectivity index (χ0n) is 18.7. The number of anilines is 2. The Morgan fingerprint density at radius 2 is 1.94 bits per heavy atom. The molecule has 0 radical (unpaired) electrons. The molecule has 9 heteroatoms. The van der Waals surface area contributed by atoms with Crippen LogP contribution in [0.3, 0.4) is 0 Å². The third-order valence-corrected chi connectivity index (χ3v) is 6.04. The summed E-state index contributed by atoms with van der Waals surface area (Å²) in [6, 6.07) is 13.4. The molecule has 5 rings (SSSR count). The van der Waals surface area contributed by atoms with Gasteiger partial charge in [0.25, 0.3) is 5.91 Å². The maximum atomic E-state index is 12.9. The second kappa shape index (κ2) is 9.03. The molecule has 9 nitrogen and oxygen atoms in total. The summed E-state index contributed by atoms with van der Waals surface area (Å²) in [4.78, 5) is 15.3. The number of fused-ring (bicyclic) bond motifs is 1. The Hall–Kier alpha value is -3.72. The lowest BCUT2D eigenvalue weighted by Gasteiger charge is -2.30. The van der Waals surface area contributed by atoms with Crippen molar-refractivity contribution in [3.63, 3.8) is 0 Å². The highest BCUT2D eigenvalue weighted by Gasteiger charge is 2.19. The minimum Gasteiger partial charge on any atom is -0.496 e. The SMILES string of the molecule is COc1cc(NC2CCN(C)CC2)ccc1C(=O)Nc1cc(-c2ccc3c(c2)OCO3)[nH]n1. The number of H-pyrrole nitrogens is 1. The highest BCUT2D eigenvalue weighted by atomic mass is 16.7. The number of likely N-dealkylation sites (tertiary alicyclic amines) is 1. The number of rotatable bonds is 6. The van der Waals surface area contributed by atoms with Crippen LogP contribution in [0, 0.1) is 0 Å². The van der Waals surface area contributed by atoms with Crippen LogP contribution in [0.5, 0.6) is 17.2 Å². The van der Waals surface area contributed by atoms with Crippen molar-refractivity contribution in [3.05, 3.63) is 48.0 Å². The van der Waals surface area contributed by atoms with Crippen molar-refractivity contribution in [2.45, 2.75) is 18.9 Å². The van der Waals surface area contributed by atoms with E-state index in [4.69, 9.17) is 14.2 Å². The fourth-order valence-electron chi connectivity index (χ4n) is 4.14. The minimum absolute atomic E-state index is 0.219. The highest BCUT2D eigenvalue weighted by molar-refractivity contribution is 6.06. The monoisotopic (exact) mass is 449 g/mol. The quantitative estimate of drug-likeness (QED) is 0.529. The Kier molecular flexibility index (Phi) is 5.78. The van der Waals surface area contributed by atoms with Crippen LogP contribution in [-0.2, 0) is 0 Å². The lowest BCUT2D eigenvalue weighted by atomic mass is 10.0. The number of amides is 1. The molecule has 0 atom stereocenters. The molecule has 0 saturated carbocycles. The van der Waals surface area contributed by atoms with E-state index in [1.54, 1.807) is 19.2 Å². The van der Waals surface area contributed by atoms with E-state index in [9.17, 15) is 4.79 Å². The van der Waals surface area contributed by atoms with Gasteiger partial charge in [-0.25, -0.2) is 0 Å². The third-order valence-electron chi connectivity index (χ3n) is 6.04. The van der Waals surface area contributed by atoms with Crippen molar-refractivity contribution in [3.8, 4) is 28.5 Å². The van der Waals surface area contributed by atoms with Gasteiger partial charge < -0.3 is 29.7 Å². The van der Waals surface area contributed by atoms with E-state index >= 15 is 0 Å². The molecular weight excluding hydrogens is 422 g/mol. The van der Waals surface area contributed by atoms with E-state index in [0.717, 1.165) is 42.9 Å². The van der Waals surface area contributed by atoms with Crippen molar-refractivity contribution in [1.29, 1.82) is 0 Å². The molecule has 1 fully saturated rings. The van der Waals surface area contributed by atoms with Gasteiger partial charge in [0.05, 0.1) is 18.4 Å². The fraction of sp³-hybridized carbons (Fsp3) is 0.333. The number of aromatic nitrogens is 2. The van der Waals surface area contributed by atoms with E-state index in [1.165, 1.54) is 0 Å². The molecule has 2 aliphatic rings. The summed E-state index contributed by atoms with van der Waals surface area (Å²) in [6.45, 7) is 2.37. The molecule has 2 aliphatic heterocycles. The lowest BCUT2D eigenvalue weighted by Crippen LogP contribution is -2.36. The summed E-state index contributed by atoms with van der Waals surface area (Å²) in [5, 5.41) is 13.6. The topological polar surface area (TPSA) is 101 Å². The van der Waals surface area contributed by atoms with Crippen LogP contribution in [0.4, 0.5) is 11.5 Å².